The topological polar surface area (TPSA) is 26.0 Å². The highest BCUT2D eigenvalue weighted by Crippen LogP contribution is 2.32. The minimum absolute atomic E-state index is 0.257. The van der Waals surface area contributed by atoms with Crippen molar-refractivity contribution >= 4 is 39.1 Å². The van der Waals surface area contributed by atoms with Gasteiger partial charge in [-0.3, -0.25) is 0 Å². The third-order valence-corrected chi connectivity index (χ3v) is 4.36. The molecular formula is C14H12BrCl2N. The van der Waals surface area contributed by atoms with Crippen molar-refractivity contribution in [3.05, 3.63) is 67.6 Å². The number of hydrogen-bond donors (Lipinski definition) is 1. The van der Waals surface area contributed by atoms with Gasteiger partial charge in [0.15, 0.2) is 0 Å². The molecule has 0 bridgehead atoms. The van der Waals surface area contributed by atoms with E-state index in [4.69, 9.17) is 28.9 Å². The molecule has 1 unspecified atom stereocenters. The molecule has 0 aliphatic rings. The maximum Gasteiger partial charge on any atom is 0.0569 e. The highest BCUT2D eigenvalue weighted by Gasteiger charge is 2.15. The van der Waals surface area contributed by atoms with Crippen molar-refractivity contribution in [2.75, 3.05) is 0 Å². The van der Waals surface area contributed by atoms with Crippen LogP contribution in [0.1, 0.15) is 22.7 Å². The second kappa shape index (κ2) is 5.62. The molecule has 0 spiro atoms. The molecular weight excluding hydrogens is 333 g/mol. The first-order valence-electron chi connectivity index (χ1n) is 5.46. The predicted molar refractivity (Wildman–Crippen MR) is 81.4 cm³/mol. The average molecular weight is 345 g/mol. The quantitative estimate of drug-likeness (QED) is 0.804. The lowest BCUT2D eigenvalue weighted by Crippen LogP contribution is -2.14. The van der Waals surface area contributed by atoms with E-state index in [0.29, 0.717) is 10.0 Å². The van der Waals surface area contributed by atoms with Crippen LogP contribution in [0, 0.1) is 6.92 Å². The number of rotatable bonds is 2. The van der Waals surface area contributed by atoms with Crippen LogP contribution in [0.25, 0.3) is 0 Å². The highest BCUT2D eigenvalue weighted by atomic mass is 79.9. The van der Waals surface area contributed by atoms with Crippen LogP contribution in [0.2, 0.25) is 10.0 Å². The molecule has 0 fully saturated rings. The van der Waals surface area contributed by atoms with Crippen molar-refractivity contribution in [1.82, 2.24) is 0 Å². The Kier molecular flexibility index (Phi) is 4.33. The minimum atomic E-state index is -0.257. The molecule has 94 valence electrons. The zero-order valence-electron chi connectivity index (χ0n) is 9.75. The summed E-state index contributed by atoms with van der Waals surface area (Å²) in [6, 6.07) is 11.1. The molecule has 1 nitrogen and oxygen atoms in total. The summed E-state index contributed by atoms with van der Waals surface area (Å²) < 4.78 is 1.04. The summed E-state index contributed by atoms with van der Waals surface area (Å²) in [5.41, 5.74) is 9.34. The molecule has 18 heavy (non-hydrogen) atoms. The lowest BCUT2D eigenvalue weighted by molar-refractivity contribution is 0.860. The molecule has 2 N–H and O–H groups in total. The van der Waals surface area contributed by atoms with E-state index < -0.39 is 0 Å². The molecule has 0 aliphatic carbocycles. The van der Waals surface area contributed by atoms with Crippen LogP contribution in [0.5, 0.6) is 0 Å². The fourth-order valence-electron chi connectivity index (χ4n) is 1.88. The van der Waals surface area contributed by atoms with Crippen molar-refractivity contribution in [1.29, 1.82) is 0 Å². The highest BCUT2D eigenvalue weighted by molar-refractivity contribution is 9.10. The standard InChI is InChI=1S/C14H12BrCl2N/c1-8-10(3-2-4-12(8)15)14(18)11-6-5-9(16)7-13(11)17/h2-7,14H,18H2,1H3. The smallest absolute Gasteiger partial charge is 0.0569 e. The van der Waals surface area contributed by atoms with E-state index >= 15 is 0 Å². The van der Waals surface area contributed by atoms with Gasteiger partial charge in [0, 0.05) is 14.5 Å². The summed E-state index contributed by atoms with van der Waals surface area (Å²) in [7, 11) is 0. The van der Waals surface area contributed by atoms with E-state index in [1.807, 2.05) is 31.2 Å². The van der Waals surface area contributed by atoms with E-state index in [1.54, 1.807) is 12.1 Å². The molecule has 4 heteroatoms. The van der Waals surface area contributed by atoms with Gasteiger partial charge in [0.25, 0.3) is 0 Å². The number of hydrogen-bond acceptors (Lipinski definition) is 1. The zero-order chi connectivity index (χ0) is 13.3. The molecule has 2 rings (SSSR count). The van der Waals surface area contributed by atoms with Crippen LogP contribution in [-0.2, 0) is 0 Å². The minimum Gasteiger partial charge on any atom is -0.320 e. The van der Waals surface area contributed by atoms with Crippen LogP contribution in [0.4, 0.5) is 0 Å². The average Bonchev–Trinajstić information content (AvgIpc) is 2.32. The fourth-order valence-corrected chi connectivity index (χ4v) is 2.79. The largest absolute Gasteiger partial charge is 0.320 e. The second-order valence-corrected chi connectivity index (χ2v) is 5.80. The van der Waals surface area contributed by atoms with Crippen molar-refractivity contribution in [3.8, 4) is 0 Å². The third kappa shape index (κ3) is 2.72. The summed E-state index contributed by atoms with van der Waals surface area (Å²) in [5, 5.41) is 1.20. The molecule has 0 amide bonds. The van der Waals surface area contributed by atoms with Gasteiger partial charge in [-0.2, -0.15) is 0 Å². The molecule has 0 radical (unpaired) electrons. The van der Waals surface area contributed by atoms with Crippen molar-refractivity contribution in [2.45, 2.75) is 13.0 Å². The van der Waals surface area contributed by atoms with Crippen molar-refractivity contribution in [3.63, 3.8) is 0 Å². The van der Waals surface area contributed by atoms with Crippen LogP contribution in [0.3, 0.4) is 0 Å². The first kappa shape index (κ1) is 13.9. The van der Waals surface area contributed by atoms with Gasteiger partial charge in [-0.1, -0.05) is 57.3 Å². The lowest BCUT2D eigenvalue weighted by atomic mass is 9.96. The first-order valence-corrected chi connectivity index (χ1v) is 7.01. The van der Waals surface area contributed by atoms with Crippen LogP contribution in [0.15, 0.2) is 40.9 Å². The number of halogens is 3. The first-order chi connectivity index (χ1) is 8.50. The Morgan fingerprint density at radius 1 is 1.11 bits per heavy atom. The molecule has 0 saturated carbocycles. The zero-order valence-corrected chi connectivity index (χ0v) is 12.9. The van der Waals surface area contributed by atoms with E-state index in [9.17, 15) is 0 Å². The maximum absolute atomic E-state index is 6.29. The molecule has 0 aromatic heterocycles. The normalized spacial score (nSPS) is 12.5. The molecule has 1 atom stereocenters. The van der Waals surface area contributed by atoms with Gasteiger partial charge in [-0.15, -0.1) is 0 Å². The van der Waals surface area contributed by atoms with Gasteiger partial charge >= 0.3 is 0 Å². The Balaban J connectivity index is 2.48. The van der Waals surface area contributed by atoms with Gasteiger partial charge in [0.05, 0.1) is 6.04 Å². The maximum atomic E-state index is 6.29. The summed E-state index contributed by atoms with van der Waals surface area (Å²) in [4.78, 5) is 0. The Morgan fingerprint density at radius 2 is 1.83 bits per heavy atom. The summed E-state index contributed by atoms with van der Waals surface area (Å²) in [5.74, 6) is 0. The summed E-state index contributed by atoms with van der Waals surface area (Å²) >= 11 is 15.6. The van der Waals surface area contributed by atoms with Gasteiger partial charge in [0.1, 0.15) is 0 Å². The van der Waals surface area contributed by atoms with E-state index in [-0.39, 0.29) is 6.04 Å². The Bertz CT molecular complexity index is 584. The second-order valence-electron chi connectivity index (χ2n) is 4.10. The van der Waals surface area contributed by atoms with E-state index in [0.717, 1.165) is 21.2 Å². The van der Waals surface area contributed by atoms with E-state index in [1.165, 1.54) is 0 Å². The number of nitrogens with two attached hydrogens (primary N) is 1. The van der Waals surface area contributed by atoms with Gasteiger partial charge in [-0.25, -0.2) is 0 Å². The molecule has 0 saturated heterocycles. The predicted octanol–water partition coefficient (Wildman–Crippen LogP) is 5.11. The van der Waals surface area contributed by atoms with Crippen molar-refractivity contribution in [2.24, 2.45) is 5.73 Å². The van der Waals surface area contributed by atoms with Crippen LogP contribution in [-0.4, -0.2) is 0 Å². The third-order valence-electron chi connectivity index (χ3n) is 2.94. The number of benzene rings is 2. The van der Waals surface area contributed by atoms with Gasteiger partial charge < -0.3 is 5.73 Å². The summed E-state index contributed by atoms with van der Waals surface area (Å²) in [6.07, 6.45) is 0. The molecule has 2 aromatic carbocycles. The molecule has 2 aromatic rings. The monoisotopic (exact) mass is 343 g/mol. The van der Waals surface area contributed by atoms with Gasteiger partial charge in [0.2, 0.25) is 0 Å². The fraction of sp³-hybridized carbons (Fsp3) is 0.143. The van der Waals surface area contributed by atoms with Crippen LogP contribution < -0.4 is 5.73 Å². The molecule has 0 heterocycles. The molecule has 0 aliphatic heterocycles. The van der Waals surface area contributed by atoms with Gasteiger partial charge in [-0.05, 0) is 41.8 Å². The van der Waals surface area contributed by atoms with E-state index in [2.05, 4.69) is 15.9 Å². The lowest BCUT2D eigenvalue weighted by Gasteiger charge is -2.17. The van der Waals surface area contributed by atoms with Crippen LogP contribution >= 0.6 is 39.1 Å². The Morgan fingerprint density at radius 3 is 2.50 bits per heavy atom. The Labute approximate surface area is 125 Å². The Hall–Kier alpha value is -0.540. The summed E-state index contributed by atoms with van der Waals surface area (Å²) in [6.45, 7) is 2.03. The van der Waals surface area contributed by atoms with Crippen molar-refractivity contribution < 1.29 is 0 Å². The SMILES string of the molecule is Cc1c(Br)cccc1C(N)c1ccc(Cl)cc1Cl.